The van der Waals surface area contributed by atoms with Crippen LogP contribution in [0.3, 0.4) is 0 Å². The number of nitrogens with one attached hydrogen (secondary N) is 1. The Kier molecular flexibility index (Phi) is 5.66. The van der Waals surface area contributed by atoms with Crippen LogP contribution in [0.15, 0.2) is 94.9 Å². The predicted octanol–water partition coefficient (Wildman–Crippen LogP) is 3.58. The molecule has 0 saturated carbocycles. The molecule has 0 aliphatic carbocycles. The molecule has 1 N–H and O–H groups in total. The van der Waals surface area contributed by atoms with Crippen LogP contribution < -0.4 is 9.57 Å². The maximum absolute atomic E-state index is 12.2. The van der Waals surface area contributed by atoms with Crippen LogP contribution in [0.2, 0.25) is 0 Å². The molecule has 0 spiro atoms. The third-order valence-corrected chi connectivity index (χ3v) is 4.86. The maximum Gasteiger partial charge on any atom is 0.276 e. The molecule has 5 nitrogen and oxygen atoms in total. The molecular formula is C20H18N2O3S. The van der Waals surface area contributed by atoms with Gasteiger partial charge < -0.3 is 4.74 Å². The Morgan fingerprint density at radius 1 is 0.846 bits per heavy atom. The summed E-state index contributed by atoms with van der Waals surface area (Å²) in [5.41, 5.74) is 1.68. The molecule has 0 radical (unpaired) electrons. The Morgan fingerprint density at radius 3 is 2.19 bits per heavy atom. The molecule has 0 fully saturated rings. The molecule has 26 heavy (non-hydrogen) atoms. The molecule has 0 heterocycles. The summed E-state index contributed by atoms with van der Waals surface area (Å²) in [4.78, 5) is 2.39. The van der Waals surface area contributed by atoms with Crippen LogP contribution in [0.25, 0.3) is 0 Å². The van der Waals surface area contributed by atoms with Gasteiger partial charge >= 0.3 is 0 Å². The Labute approximate surface area is 153 Å². The van der Waals surface area contributed by atoms with Gasteiger partial charge in [-0.1, -0.05) is 60.7 Å². The van der Waals surface area contributed by atoms with E-state index in [-0.39, 0.29) is 4.90 Å². The first-order valence-corrected chi connectivity index (χ1v) is 9.49. The first-order valence-electron chi connectivity index (χ1n) is 8.01. The number of benzene rings is 3. The van der Waals surface area contributed by atoms with E-state index < -0.39 is 10.0 Å². The number of hydrogen-bond donors (Lipinski definition) is 1. The van der Waals surface area contributed by atoms with Crippen LogP contribution >= 0.6 is 0 Å². The number of hydrogen-bond acceptors (Lipinski definition) is 4. The molecule has 3 rings (SSSR count). The van der Waals surface area contributed by atoms with Gasteiger partial charge in [-0.2, -0.15) is 13.5 Å². The minimum absolute atomic E-state index is 0.165. The SMILES string of the molecule is O=S(=O)(N/N=C/c1ccccc1COc1ccccc1)c1ccccc1. The predicted molar refractivity (Wildman–Crippen MR) is 102 cm³/mol. The fraction of sp³-hybridized carbons (Fsp3) is 0.0500. The molecule has 0 atom stereocenters. The van der Waals surface area contributed by atoms with E-state index in [1.165, 1.54) is 18.3 Å². The van der Waals surface area contributed by atoms with Gasteiger partial charge in [-0.25, -0.2) is 4.83 Å². The summed E-state index contributed by atoms with van der Waals surface area (Å²) in [6.45, 7) is 0.359. The van der Waals surface area contributed by atoms with Crippen molar-refractivity contribution >= 4 is 16.2 Å². The number of ether oxygens (including phenoxy) is 1. The highest BCUT2D eigenvalue weighted by molar-refractivity contribution is 7.89. The third-order valence-electron chi connectivity index (χ3n) is 3.62. The summed E-state index contributed by atoms with van der Waals surface area (Å²) in [5, 5.41) is 3.89. The molecule has 132 valence electrons. The van der Waals surface area contributed by atoms with Gasteiger partial charge in [0.15, 0.2) is 0 Å². The van der Waals surface area contributed by atoms with Gasteiger partial charge in [-0.3, -0.25) is 0 Å². The highest BCUT2D eigenvalue weighted by Gasteiger charge is 2.11. The van der Waals surface area contributed by atoms with Crippen molar-refractivity contribution in [2.75, 3.05) is 0 Å². The van der Waals surface area contributed by atoms with E-state index in [4.69, 9.17) is 4.74 Å². The van der Waals surface area contributed by atoms with Crippen molar-refractivity contribution in [1.82, 2.24) is 4.83 Å². The molecular weight excluding hydrogens is 348 g/mol. The lowest BCUT2D eigenvalue weighted by molar-refractivity contribution is 0.306. The number of nitrogens with zero attached hydrogens (tertiary/aromatic N) is 1. The normalized spacial score (nSPS) is 11.4. The van der Waals surface area contributed by atoms with Crippen molar-refractivity contribution in [3.05, 3.63) is 96.1 Å². The van der Waals surface area contributed by atoms with Gasteiger partial charge in [-0.15, -0.1) is 0 Å². The number of para-hydroxylation sites is 1. The van der Waals surface area contributed by atoms with Crippen LogP contribution in [0.5, 0.6) is 5.75 Å². The van der Waals surface area contributed by atoms with Crippen molar-refractivity contribution in [3.63, 3.8) is 0 Å². The van der Waals surface area contributed by atoms with Crippen molar-refractivity contribution in [2.24, 2.45) is 5.10 Å². The summed E-state index contributed by atoms with van der Waals surface area (Å²) >= 11 is 0. The summed E-state index contributed by atoms with van der Waals surface area (Å²) in [6.07, 6.45) is 1.48. The van der Waals surface area contributed by atoms with Crippen molar-refractivity contribution in [2.45, 2.75) is 11.5 Å². The summed E-state index contributed by atoms with van der Waals surface area (Å²) in [6, 6.07) is 25.1. The van der Waals surface area contributed by atoms with Crippen molar-refractivity contribution < 1.29 is 13.2 Å². The van der Waals surface area contributed by atoms with E-state index in [1.54, 1.807) is 18.2 Å². The molecule has 0 aliphatic rings. The van der Waals surface area contributed by atoms with Gasteiger partial charge in [-0.05, 0) is 29.8 Å². The topological polar surface area (TPSA) is 67.8 Å². The zero-order valence-corrected chi connectivity index (χ0v) is 14.8. The van der Waals surface area contributed by atoms with E-state index in [0.717, 1.165) is 16.9 Å². The first-order chi connectivity index (χ1) is 12.6. The Bertz CT molecular complexity index is 972. The van der Waals surface area contributed by atoms with Gasteiger partial charge in [0.2, 0.25) is 0 Å². The minimum Gasteiger partial charge on any atom is -0.489 e. The van der Waals surface area contributed by atoms with Crippen LogP contribution in [0.1, 0.15) is 11.1 Å². The second-order valence-electron chi connectivity index (χ2n) is 5.47. The zero-order valence-electron chi connectivity index (χ0n) is 13.9. The fourth-order valence-electron chi connectivity index (χ4n) is 2.29. The maximum atomic E-state index is 12.2. The first kappa shape index (κ1) is 17.7. The molecule has 0 bridgehead atoms. The van der Waals surface area contributed by atoms with E-state index >= 15 is 0 Å². The van der Waals surface area contributed by atoms with Gasteiger partial charge in [0, 0.05) is 5.56 Å². The summed E-state index contributed by atoms with van der Waals surface area (Å²) < 4.78 is 30.1. The molecule has 6 heteroatoms. The van der Waals surface area contributed by atoms with Crippen LogP contribution in [0, 0.1) is 0 Å². The monoisotopic (exact) mass is 366 g/mol. The lowest BCUT2D eigenvalue weighted by Crippen LogP contribution is -2.18. The second-order valence-corrected chi connectivity index (χ2v) is 7.13. The largest absolute Gasteiger partial charge is 0.489 e. The lowest BCUT2D eigenvalue weighted by Gasteiger charge is -2.08. The van der Waals surface area contributed by atoms with Crippen LogP contribution in [-0.2, 0) is 16.6 Å². The Morgan fingerprint density at radius 2 is 1.46 bits per heavy atom. The van der Waals surface area contributed by atoms with Gasteiger partial charge in [0.1, 0.15) is 12.4 Å². The average molecular weight is 366 g/mol. The number of sulfonamides is 1. The minimum atomic E-state index is -3.68. The van der Waals surface area contributed by atoms with E-state index in [0.29, 0.717) is 6.61 Å². The molecule has 0 amide bonds. The highest BCUT2D eigenvalue weighted by atomic mass is 32.2. The van der Waals surface area contributed by atoms with E-state index in [2.05, 4.69) is 9.93 Å². The zero-order chi connectivity index (χ0) is 18.2. The molecule has 0 unspecified atom stereocenters. The second kappa shape index (κ2) is 8.31. The van der Waals surface area contributed by atoms with Gasteiger partial charge in [0.25, 0.3) is 10.0 Å². The molecule has 0 aliphatic heterocycles. The fourth-order valence-corrected chi connectivity index (χ4v) is 3.10. The Hall–Kier alpha value is -3.12. The molecule has 0 aromatic heterocycles. The quantitative estimate of drug-likeness (QED) is 0.513. The highest BCUT2D eigenvalue weighted by Crippen LogP contribution is 2.14. The van der Waals surface area contributed by atoms with Crippen LogP contribution in [0.4, 0.5) is 0 Å². The third kappa shape index (κ3) is 4.70. The smallest absolute Gasteiger partial charge is 0.276 e. The van der Waals surface area contributed by atoms with Gasteiger partial charge in [0.05, 0.1) is 11.1 Å². The molecule has 0 saturated heterocycles. The van der Waals surface area contributed by atoms with E-state index in [9.17, 15) is 8.42 Å². The van der Waals surface area contributed by atoms with Crippen LogP contribution in [-0.4, -0.2) is 14.6 Å². The number of hydrazone groups is 1. The standard InChI is InChI=1S/C20H18N2O3S/c23-26(24,20-13-5-2-6-14-20)22-21-15-17-9-7-8-10-18(17)16-25-19-11-3-1-4-12-19/h1-15,22H,16H2/b21-15+. The summed E-state index contributed by atoms with van der Waals surface area (Å²) in [5.74, 6) is 0.768. The Balaban J connectivity index is 1.69. The lowest BCUT2D eigenvalue weighted by atomic mass is 10.1. The molecule has 3 aromatic carbocycles. The molecule has 3 aromatic rings. The van der Waals surface area contributed by atoms with Crippen molar-refractivity contribution in [1.29, 1.82) is 0 Å². The van der Waals surface area contributed by atoms with Crippen molar-refractivity contribution in [3.8, 4) is 5.75 Å². The summed E-state index contributed by atoms with van der Waals surface area (Å²) in [7, 11) is -3.68. The number of rotatable bonds is 7. The average Bonchev–Trinajstić information content (AvgIpc) is 2.69. The van der Waals surface area contributed by atoms with E-state index in [1.807, 2.05) is 54.6 Å².